The van der Waals surface area contributed by atoms with Gasteiger partial charge < -0.3 is 5.32 Å². The lowest BCUT2D eigenvalue weighted by atomic mass is 10.3. The van der Waals surface area contributed by atoms with Crippen molar-refractivity contribution in [3.63, 3.8) is 0 Å². The van der Waals surface area contributed by atoms with Gasteiger partial charge in [-0.3, -0.25) is 4.79 Å². The van der Waals surface area contributed by atoms with E-state index in [0.29, 0.717) is 6.42 Å². The van der Waals surface area contributed by atoms with Crippen LogP contribution in [0.25, 0.3) is 0 Å². The van der Waals surface area contributed by atoms with E-state index in [1.165, 1.54) is 0 Å². The fraction of sp³-hybridized carbons (Fsp3) is 0.0714. The summed E-state index contributed by atoms with van der Waals surface area (Å²) >= 11 is 0. The van der Waals surface area contributed by atoms with Crippen LogP contribution in [-0.2, 0) is 11.2 Å². The van der Waals surface area contributed by atoms with Gasteiger partial charge >= 0.3 is 0 Å². The third-order valence-electron chi connectivity index (χ3n) is 2.27. The zero-order valence-corrected chi connectivity index (χ0v) is 8.89. The van der Waals surface area contributed by atoms with E-state index in [2.05, 4.69) is 5.32 Å². The molecule has 2 rings (SSSR count). The predicted molar refractivity (Wildman–Crippen MR) is 65.2 cm³/mol. The molecule has 0 aliphatic rings. The summed E-state index contributed by atoms with van der Waals surface area (Å²) in [6.07, 6.45) is 0.412. The van der Waals surface area contributed by atoms with Crippen molar-refractivity contribution in [2.75, 3.05) is 5.32 Å². The van der Waals surface area contributed by atoms with E-state index in [0.717, 1.165) is 11.3 Å². The minimum atomic E-state index is 0.0115. The maximum absolute atomic E-state index is 11.7. The lowest BCUT2D eigenvalue weighted by Gasteiger charge is -2.04. The minimum Gasteiger partial charge on any atom is -0.326 e. The molecular weight excluding hydrogens is 199 g/mol. The van der Waals surface area contributed by atoms with Crippen LogP contribution in [-0.4, -0.2) is 5.91 Å². The van der Waals surface area contributed by atoms with Crippen LogP contribution in [0.2, 0.25) is 0 Å². The van der Waals surface area contributed by atoms with Crippen LogP contribution in [0, 0.1) is 0 Å². The highest BCUT2D eigenvalue weighted by molar-refractivity contribution is 5.92. The molecule has 2 nitrogen and oxygen atoms in total. The number of carbonyl (C=O) groups excluding carboxylic acids is 1. The Kier molecular flexibility index (Phi) is 3.34. The zero-order chi connectivity index (χ0) is 11.2. The number of hydrogen-bond donors (Lipinski definition) is 1. The van der Waals surface area contributed by atoms with E-state index in [-0.39, 0.29) is 5.91 Å². The minimum absolute atomic E-state index is 0.0115. The summed E-state index contributed by atoms with van der Waals surface area (Å²) in [4.78, 5) is 11.7. The summed E-state index contributed by atoms with van der Waals surface area (Å²) in [5.41, 5.74) is 1.86. The van der Waals surface area contributed by atoms with Crippen molar-refractivity contribution in [2.45, 2.75) is 6.42 Å². The van der Waals surface area contributed by atoms with Gasteiger partial charge in [-0.25, -0.2) is 0 Å². The van der Waals surface area contributed by atoms with E-state index in [9.17, 15) is 4.79 Å². The second-order valence-corrected chi connectivity index (χ2v) is 3.58. The molecular formula is C14H13NO. The summed E-state index contributed by atoms with van der Waals surface area (Å²) in [7, 11) is 0. The quantitative estimate of drug-likeness (QED) is 0.779. The van der Waals surface area contributed by atoms with Gasteiger partial charge in [-0.1, -0.05) is 48.5 Å². The number of amides is 1. The van der Waals surface area contributed by atoms with Crippen molar-refractivity contribution in [3.8, 4) is 0 Å². The van der Waals surface area contributed by atoms with Crippen LogP contribution in [0.5, 0.6) is 0 Å². The molecule has 0 fully saturated rings. The highest BCUT2D eigenvalue weighted by Crippen LogP contribution is 2.06. The Labute approximate surface area is 94.9 Å². The molecule has 0 aromatic heterocycles. The fourth-order valence-electron chi connectivity index (χ4n) is 1.51. The number of hydrogen-bond acceptors (Lipinski definition) is 1. The van der Waals surface area contributed by atoms with E-state index < -0.39 is 0 Å². The lowest BCUT2D eigenvalue weighted by molar-refractivity contribution is -0.115. The van der Waals surface area contributed by atoms with Crippen molar-refractivity contribution in [1.82, 2.24) is 0 Å². The number of rotatable bonds is 3. The second-order valence-electron chi connectivity index (χ2n) is 3.58. The van der Waals surface area contributed by atoms with Gasteiger partial charge in [0.15, 0.2) is 0 Å². The highest BCUT2D eigenvalue weighted by Gasteiger charge is 2.02. The second kappa shape index (κ2) is 5.12. The van der Waals surface area contributed by atoms with Gasteiger partial charge in [0.1, 0.15) is 0 Å². The third kappa shape index (κ3) is 2.95. The molecule has 0 radical (unpaired) electrons. The van der Waals surface area contributed by atoms with E-state index in [1.807, 2.05) is 60.7 Å². The van der Waals surface area contributed by atoms with Crippen molar-refractivity contribution < 1.29 is 4.79 Å². The third-order valence-corrected chi connectivity index (χ3v) is 2.27. The first-order valence-electron chi connectivity index (χ1n) is 5.23. The first kappa shape index (κ1) is 10.4. The number of para-hydroxylation sites is 1. The molecule has 0 saturated carbocycles. The van der Waals surface area contributed by atoms with E-state index in [1.54, 1.807) is 0 Å². The lowest BCUT2D eigenvalue weighted by Crippen LogP contribution is -2.14. The van der Waals surface area contributed by atoms with E-state index in [4.69, 9.17) is 0 Å². The summed E-state index contributed by atoms with van der Waals surface area (Å²) < 4.78 is 0. The molecule has 0 spiro atoms. The molecule has 0 saturated heterocycles. The molecule has 80 valence electrons. The molecule has 0 unspecified atom stereocenters. The van der Waals surface area contributed by atoms with Gasteiger partial charge in [-0.2, -0.15) is 0 Å². The Balaban J connectivity index is 1.95. The number of benzene rings is 2. The SMILES string of the molecule is O=C([13CH2]c1ccccc1)Nc1ccccc1. The number of anilines is 1. The average Bonchev–Trinajstić information content (AvgIpc) is 2.31. The molecule has 2 aromatic rings. The first-order valence-corrected chi connectivity index (χ1v) is 5.23. The molecule has 2 heteroatoms. The normalized spacial score (nSPS) is 9.75. The molecule has 1 amide bonds. The average molecular weight is 212 g/mol. The van der Waals surface area contributed by atoms with Gasteiger partial charge in [0.05, 0.1) is 6.42 Å². The summed E-state index contributed by atoms with van der Waals surface area (Å²) in [6, 6.07) is 19.2. The molecule has 0 bridgehead atoms. The highest BCUT2D eigenvalue weighted by atomic mass is 16.2. The van der Waals surface area contributed by atoms with Gasteiger partial charge in [0, 0.05) is 5.69 Å². The van der Waals surface area contributed by atoms with E-state index >= 15 is 0 Å². The van der Waals surface area contributed by atoms with Gasteiger partial charge in [-0.05, 0) is 17.7 Å². The van der Waals surface area contributed by atoms with Crippen LogP contribution in [0.1, 0.15) is 5.56 Å². The molecule has 1 N–H and O–H groups in total. The first-order chi connectivity index (χ1) is 7.84. The fourth-order valence-corrected chi connectivity index (χ4v) is 1.51. The Morgan fingerprint density at radius 2 is 1.44 bits per heavy atom. The van der Waals surface area contributed by atoms with Crippen molar-refractivity contribution >= 4 is 11.6 Å². The molecule has 0 aliphatic carbocycles. The zero-order valence-electron chi connectivity index (χ0n) is 8.89. The van der Waals surface area contributed by atoms with Gasteiger partial charge in [0.2, 0.25) is 5.91 Å². The standard InChI is InChI=1S/C14H13NO/c16-14(11-12-7-3-1-4-8-12)15-13-9-5-2-6-10-13/h1-10H,11H2,(H,15,16)/i11+1. The predicted octanol–water partition coefficient (Wildman–Crippen LogP) is 2.87. The Morgan fingerprint density at radius 1 is 0.875 bits per heavy atom. The monoisotopic (exact) mass is 212 g/mol. The maximum Gasteiger partial charge on any atom is 0.228 e. The van der Waals surface area contributed by atoms with Crippen molar-refractivity contribution in [2.24, 2.45) is 0 Å². The van der Waals surface area contributed by atoms with Crippen LogP contribution < -0.4 is 5.32 Å². The largest absolute Gasteiger partial charge is 0.326 e. The van der Waals surface area contributed by atoms with Crippen molar-refractivity contribution in [1.29, 1.82) is 0 Å². The molecule has 0 aliphatic heterocycles. The van der Waals surface area contributed by atoms with Gasteiger partial charge in [-0.15, -0.1) is 0 Å². The van der Waals surface area contributed by atoms with Crippen LogP contribution in [0.4, 0.5) is 5.69 Å². The Bertz CT molecular complexity index is 407. The maximum atomic E-state index is 11.7. The summed E-state index contributed by atoms with van der Waals surface area (Å²) in [6.45, 7) is 0. The number of carbonyl (C=O) groups is 1. The number of nitrogens with one attached hydrogen (secondary N) is 1. The topological polar surface area (TPSA) is 29.1 Å². The van der Waals surface area contributed by atoms with Crippen LogP contribution >= 0.6 is 0 Å². The summed E-state index contributed by atoms with van der Waals surface area (Å²) in [5, 5.41) is 2.85. The molecule has 0 atom stereocenters. The van der Waals surface area contributed by atoms with Crippen molar-refractivity contribution in [3.05, 3.63) is 66.2 Å². The van der Waals surface area contributed by atoms with Crippen LogP contribution in [0.15, 0.2) is 60.7 Å². The Morgan fingerprint density at radius 3 is 2.06 bits per heavy atom. The molecule has 16 heavy (non-hydrogen) atoms. The molecule has 2 aromatic carbocycles. The molecule has 0 heterocycles. The van der Waals surface area contributed by atoms with Crippen LogP contribution in [0.3, 0.4) is 0 Å². The Hall–Kier alpha value is -2.09. The summed E-state index contributed by atoms with van der Waals surface area (Å²) in [5.74, 6) is 0.0115. The van der Waals surface area contributed by atoms with Gasteiger partial charge in [0.25, 0.3) is 0 Å². The smallest absolute Gasteiger partial charge is 0.228 e.